The Morgan fingerprint density at radius 2 is 2.00 bits per heavy atom. The summed E-state index contributed by atoms with van der Waals surface area (Å²) in [7, 11) is 3.37. The van der Waals surface area contributed by atoms with Crippen LogP contribution in [-0.4, -0.2) is 30.7 Å². The Morgan fingerprint density at radius 1 is 1.30 bits per heavy atom. The summed E-state index contributed by atoms with van der Waals surface area (Å²) in [6.45, 7) is 4.50. The van der Waals surface area contributed by atoms with Gasteiger partial charge in [-0.15, -0.1) is 0 Å². The van der Waals surface area contributed by atoms with Crippen molar-refractivity contribution in [3.63, 3.8) is 0 Å². The molecule has 0 saturated heterocycles. The third kappa shape index (κ3) is 1.57. The Labute approximate surface area is 121 Å². The molecule has 3 rings (SSSR count). The van der Waals surface area contributed by atoms with Crippen molar-refractivity contribution < 1.29 is 14.6 Å². The van der Waals surface area contributed by atoms with Gasteiger partial charge < -0.3 is 14.6 Å². The molecule has 0 aromatic rings. The molecule has 112 valence electrons. The zero-order chi connectivity index (χ0) is 14.5. The van der Waals surface area contributed by atoms with Crippen LogP contribution in [0.4, 0.5) is 0 Å². The number of aliphatic hydroxyl groups is 1. The van der Waals surface area contributed by atoms with Gasteiger partial charge in [-0.05, 0) is 36.7 Å². The molecule has 0 aromatic heterocycles. The van der Waals surface area contributed by atoms with Crippen molar-refractivity contribution >= 4 is 0 Å². The summed E-state index contributed by atoms with van der Waals surface area (Å²) >= 11 is 0. The quantitative estimate of drug-likeness (QED) is 0.635. The van der Waals surface area contributed by atoms with Crippen molar-refractivity contribution in [2.24, 2.45) is 23.7 Å². The third-order valence-electron chi connectivity index (χ3n) is 5.91. The Bertz CT molecular complexity index is 449. The number of methoxy groups -OCH3 is 2. The smallest absolute Gasteiger partial charge is 0.183 e. The van der Waals surface area contributed by atoms with E-state index in [0.29, 0.717) is 18.3 Å². The molecule has 0 radical (unpaired) electrons. The molecule has 0 amide bonds. The lowest BCUT2D eigenvalue weighted by molar-refractivity contribution is -0.238. The zero-order valence-corrected chi connectivity index (χ0v) is 12.9. The highest BCUT2D eigenvalue weighted by molar-refractivity contribution is 5.37. The summed E-state index contributed by atoms with van der Waals surface area (Å²) in [5.74, 6) is 0.475. The van der Waals surface area contributed by atoms with Crippen LogP contribution in [0.1, 0.15) is 33.1 Å². The van der Waals surface area contributed by atoms with Crippen molar-refractivity contribution in [3.8, 4) is 0 Å². The second-order valence-electron chi connectivity index (χ2n) is 6.61. The van der Waals surface area contributed by atoms with Gasteiger partial charge in [-0.25, -0.2) is 0 Å². The van der Waals surface area contributed by atoms with E-state index in [-0.39, 0.29) is 11.8 Å². The minimum atomic E-state index is -0.795. The summed E-state index contributed by atoms with van der Waals surface area (Å²) in [6.07, 6.45) is 9.38. The van der Waals surface area contributed by atoms with E-state index in [0.717, 1.165) is 12.8 Å². The average Bonchev–Trinajstić information content (AvgIpc) is 3.06. The van der Waals surface area contributed by atoms with E-state index in [2.05, 4.69) is 32.1 Å². The number of allylic oxidation sites excluding steroid dienone is 1. The molecule has 1 fully saturated rings. The minimum absolute atomic E-state index is 0.0967. The van der Waals surface area contributed by atoms with Gasteiger partial charge in [-0.2, -0.15) is 0 Å². The fraction of sp³-hybridized carbons (Fsp3) is 0.765. The van der Waals surface area contributed by atoms with Gasteiger partial charge in [0.05, 0.1) is 11.5 Å². The standard InChI is InChI=1S/C17H26O3/c1-5-13-11(2)6-8-14(13)16(18)10-12-7-9-15(16)17(12,19-3)20-4/h7-9,11-13,15,18H,5-6,10H2,1-4H3/t11-,12-,13+,15-,16+/m1/s1. The van der Waals surface area contributed by atoms with E-state index in [1.54, 1.807) is 14.2 Å². The molecule has 0 aliphatic heterocycles. The van der Waals surface area contributed by atoms with Gasteiger partial charge in [0.2, 0.25) is 0 Å². The van der Waals surface area contributed by atoms with Crippen molar-refractivity contribution in [2.75, 3.05) is 14.2 Å². The van der Waals surface area contributed by atoms with Gasteiger partial charge in [0.1, 0.15) is 0 Å². The fourth-order valence-electron chi connectivity index (χ4n) is 4.90. The summed E-state index contributed by atoms with van der Waals surface area (Å²) < 4.78 is 11.4. The molecule has 0 heterocycles. The normalized spacial score (nSPS) is 45.1. The number of hydrogen-bond donors (Lipinski definition) is 1. The van der Waals surface area contributed by atoms with Gasteiger partial charge in [0.15, 0.2) is 5.79 Å². The summed E-state index contributed by atoms with van der Waals surface area (Å²) in [4.78, 5) is 0. The number of fused-ring (bicyclic) bond motifs is 2. The Balaban J connectivity index is 1.97. The van der Waals surface area contributed by atoms with Gasteiger partial charge in [-0.3, -0.25) is 0 Å². The van der Waals surface area contributed by atoms with Crippen molar-refractivity contribution in [3.05, 3.63) is 23.8 Å². The first-order valence-electron chi connectivity index (χ1n) is 7.75. The maximum Gasteiger partial charge on any atom is 0.183 e. The van der Waals surface area contributed by atoms with Crippen LogP contribution in [0.15, 0.2) is 23.8 Å². The highest BCUT2D eigenvalue weighted by Gasteiger charge is 2.66. The molecule has 5 atom stereocenters. The predicted molar refractivity (Wildman–Crippen MR) is 78.1 cm³/mol. The highest BCUT2D eigenvalue weighted by atomic mass is 16.7. The number of hydrogen-bond acceptors (Lipinski definition) is 3. The lowest BCUT2D eigenvalue weighted by atomic mass is 9.74. The van der Waals surface area contributed by atoms with Crippen LogP contribution in [0, 0.1) is 23.7 Å². The minimum Gasteiger partial charge on any atom is -0.385 e. The number of ether oxygens (including phenoxy) is 2. The molecule has 3 aliphatic carbocycles. The Kier molecular flexibility index (Phi) is 3.35. The van der Waals surface area contributed by atoms with E-state index in [4.69, 9.17) is 9.47 Å². The molecule has 0 spiro atoms. The van der Waals surface area contributed by atoms with Crippen molar-refractivity contribution in [2.45, 2.75) is 44.5 Å². The molecular weight excluding hydrogens is 252 g/mol. The monoisotopic (exact) mass is 278 g/mol. The van der Waals surface area contributed by atoms with E-state index in [9.17, 15) is 5.11 Å². The number of rotatable bonds is 4. The van der Waals surface area contributed by atoms with Gasteiger partial charge in [0, 0.05) is 20.1 Å². The maximum absolute atomic E-state index is 11.4. The molecule has 20 heavy (non-hydrogen) atoms. The second kappa shape index (κ2) is 4.69. The SMILES string of the molecule is CC[C@@H]1C([C@@]2(O)C[C@H]3C=C[C@H]2C3(OC)OC)=CC[C@H]1C. The molecule has 3 heteroatoms. The summed E-state index contributed by atoms with van der Waals surface area (Å²) in [6, 6.07) is 0. The lowest BCUT2D eigenvalue weighted by Gasteiger charge is -2.38. The van der Waals surface area contributed by atoms with E-state index in [1.807, 2.05) is 0 Å². The molecular formula is C17H26O3. The first kappa shape index (κ1) is 14.3. The summed E-state index contributed by atoms with van der Waals surface area (Å²) in [5, 5.41) is 11.4. The van der Waals surface area contributed by atoms with Crippen molar-refractivity contribution in [1.82, 2.24) is 0 Å². The Morgan fingerprint density at radius 3 is 2.55 bits per heavy atom. The highest BCUT2D eigenvalue weighted by Crippen LogP contribution is 2.60. The molecule has 3 aliphatic rings. The van der Waals surface area contributed by atoms with Crippen LogP contribution in [0.3, 0.4) is 0 Å². The maximum atomic E-state index is 11.4. The molecule has 1 N–H and O–H groups in total. The van der Waals surface area contributed by atoms with Crippen molar-refractivity contribution in [1.29, 1.82) is 0 Å². The second-order valence-corrected chi connectivity index (χ2v) is 6.61. The largest absolute Gasteiger partial charge is 0.385 e. The predicted octanol–water partition coefficient (Wildman–Crippen LogP) is 2.90. The van der Waals surface area contributed by atoms with Crippen LogP contribution in [0.25, 0.3) is 0 Å². The third-order valence-corrected chi connectivity index (χ3v) is 5.91. The molecule has 3 nitrogen and oxygen atoms in total. The topological polar surface area (TPSA) is 38.7 Å². The summed E-state index contributed by atoms with van der Waals surface area (Å²) in [5.41, 5.74) is 0.430. The average molecular weight is 278 g/mol. The Hall–Kier alpha value is -0.640. The van der Waals surface area contributed by atoms with Crippen LogP contribution in [-0.2, 0) is 9.47 Å². The fourth-order valence-corrected chi connectivity index (χ4v) is 4.90. The van der Waals surface area contributed by atoms with Crippen LogP contribution >= 0.6 is 0 Å². The van der Waals surface area contributed by atoms with Crippen LogP contribution in [0.5, 0.6) is 0 Å². The molecule has 2 bridgehead atoms. The molecule has 1 saturated carbocycles. The van der Waals surface area contributed by atoms with Crippen LogP contribution in [0.2, 0.25) is 0 Å². The molecule has 0 aromatic carbocycles. The van der Waals surface area contributed by atoms with E-state index < -0.39 is 11.4 Å². The van der Waals surface area contributed by atoms with Gasteiger partial charge in [-0.1, -0.05) is 32.1 Å². The van der Waals surface area contributed by atoms with Gasteiger partial charge in [0.25, 0.3) is 0 Å². The zero-order valence-electron chi connectivity index (χ0n) is 12.9. The van der Waals surface area contributed by atoms with Gasteiger partial charge >= 0.3 is 0 Å². The first-order chi connectivity index (χ1) is 9.53. The first-order valence-corrected chi connectivity index (χ1v) is 7.75. The van der Waals surface area contributed by atoms with E-state index in [1.165, 1.54) is 5.57 Å². The molecule has 0 unspecified atom stereocenters. The lowest BCUT2D eigenvalue weighted by Crippen LogP contribution is -2.47. The van der Waals surface area contributed by atoms with Crippen LogP contribution < -0.4 is 0 Å². The van der Waals surface area contributed by atoms with E-state index >= 15 is 0 Å².